The Morgan fingerprint density at radius 2 is 1.78 bits per heavy atom. The highest BCUT2D eigenvalue weighted by Crippen LogP contribution is 2.20. The molecule has 5 heteroatoms. The van der Waals surface area contributed by atoms with E-state index in [4.69, 9.17) is 11.6 Å². The first-order valence-corrected chi connectivity index (χ1v) is 8.48. The highest BCUT2D eigenvalue weighted by atomic mass is 35.5. The molecule has 0 N–H and O–H groups in total. The number of aryl methyl sites for hydroxylation is 1. The molecule has 1 aliphatic heterocycles. The van der Waals surface area contributed by atoms with Crippen LogP contribution in [0.25, 0.3) is 0 Å². The zero-order valence-electron chi connectivity index (χ0n) is 13.2. The van der Waals surface area contributed by atoms with E-state index in [0.717, 1.165) is 50.7 Å². The molecular formula is C18H22ClN3O. The van der Waals surface area contributed by atoms with E-state index in [9.17, 15) is 4.79 Å². The molecule has 0 bridgehead atoms. The number of rotatable bonds is 5. The third kappa shape index (κ3) is 4.36. The molecule has 2 heterocycles. The average Bonchev–Trinajstić information content (AvgIpc) is 2.57. The summed E-state index contributed by atoms with van der Waals surface area (Å²) in [6.07, 6.45) is 2.86. The van der Waals surface area contributed by atoms with Crippen LogP contribution in [0.2, 0.25) is 5.02 Å². The van der Waals surface area contributed by atoms with Gasteiger partial charge in [0.25, 0.3) is 0 Å². The number of aromatic nitrogens is 1. The van der Waals surface area contributed by atoms with Crippen LogP contribution in [0.5, 0.6) is 0 Å². The number of hydrogen-bond acceptors (Lipinski definition) is 3. The normalized spacial score (nSPS) is 15.8. The maximum absolute atomic E-state index is 11.7. The predicted molar refractivity (Wildman–Crippen MR) is 95.4 cm³/mol. The lowest BCUT2D eigenvalue weighted by atomic mass is 10.2. The van der Waals surface area contributed by atoms with Gasteiger partial charge in [-0.15, -0.1) is 0 Å². The van der Waals surface area contributed by atoms with E-state index < -0.39 is 0 Å². The molecule has 23 heavy (non-hydrogen) atoms. The molecule has 0 aliphatic carbocycles. The minimum atomic E-state index is 0.0817. The van der Waals surface area contributed by atoms with Crippen LogP contribution in [-0.4, -0.2) is 42.2 Å². The molecule has 0 radical (unpaired) electrons. The van der Waals surface area contributed by atoms with Gasteiger partial charge in [0.05, 0.1) is 0 Å². The minimum absolute atomic E-state index is 0.0817. The summed E-state index contributed by atoms with van der Waals surface area (Å²) in [6.45, 7) is 5.96. The van der Waals surface area contributed by atoms with E-state index in [-0.39, 0.29) is 5.56 Å². The van der Waals surface area contributed by atoms with Crippen LogP contribution < -0.4 is 10.5 Å². The zero-order valence-corrected chi connectivity index (χ0v) is 14.0. The van der Waals surface area contributed by atoms with Gasteiger partial charge in [0.1, 0.15) is 0 Å². The molecule has 1 aromatic heterocycles. The third-order valence-corrected chi connectivity index (χ3v) is 4.55. The molecule has 1 fully saturated rings. The lowest BCUT2D eigenvalue weighted by Crippen LogP contribution is -2.46. The summed E-state index contributed by atoms with van der Waals surface area (Å²) in [5.41, 5.74) is 1.28. The fourth-order valence-electron chi connectivity index (χ4n) is 3.01. The fourth-order valence-corrected chi connectivity index (χ4v) is 3.20. The van der Waals surface area contributed by atoms with Crippen LogP contribution in [0.3, 0.4) is 0 Å². The van der Waals surface area contributed by atoms with Gasteiger partial charge in [-0.25, -0.2) is 0 Å². The molecule has 2 aromatic rings. The van der Waals surface area contributed by atoms with Gasteiger partial charge in [-0.2, -0.15) is 0 Å². The number of anilines is 1. The Morgan fingerprint density at radius 3 is 2.52 bits per heavy atom. The molecule has 0 saturated carbocycles. The summed E-state index contributed by atoms with van der Waals surface area (Å²) in [7, 11) is 0. The Bertz CT molecular complexity index is 692. The molecule has 0 spiro atoms. The minimum Gasteiger partial charge on any atom is -0.369 e. The van der Waals surface area contributed by atoms with Gasteiger partial charge < -0.3 is 9.47 Å². The highest BCUT2D eigenvalue weighted by Gasteiger charge is 2.16. The van der Waals surface area contributed by atoms with Gasteiger partial charge in [-0.1, -0.05) is 23.7 Å². The first-order valence-electron chi connectivity index (χ1n) is 8.11. The number of nitrogens with zero attached hydrogens (tertiary/aromatic N) is 3. The summed E-state index contributed by atoms with van der Waals surface area (Å²) in [5.74, 6) is 0. The van der Waals surface area contributed by atoms with Crippen molar-refractivity contribution in [3.8, 4) is 0 Å². The van der Waals surface area contributed by atoms with Crippen molar-refractivity contribution in [3.05, 3.63) is 64.0 Å². The van der Waals surface area contributed by atoms with Crippen molar-refractivity contribution in [1.82, 2.24) is 9.47 Å². The second kappa shape index (κ2) is 7.66. The van der Waals surface area contributed by atoms with Gasteiger partial charge >= 0.3 is 0 Å². The van der Waals surface area contributed by atoms with Gasteiger partial charge in [-0.3, -0.25) is 9.69 Å². The Balaban J connectivity index is 1.44. The summed E-state index contributed by atoms with van der Waals surface area (Å²) in [5, 5.41) is 0.790. The standard InChI is InChI=1S/C18H22ClN3O/c19-16-5-3-6-17(15-16)21-13-11-20(12-14-21)8-4-10-22-9-2-1-7-18(22)23/h1-3,5-7,9,15H,4,8,10-14H2. The molecule has 122 valence electrons. The summed E-state index contributed by atoms with van der Waals surface area (Å²) in [6, 6.07) is 13.4. The average molecular weight is 332 g/mol. The maximum atomic E-state index is 11.7. The number of piperazine rings is 1. The lowest BCUT2D eigenvalue weighted by molar-refractivity contribution is 0.250. The van der Waals surface area contributed by atoms with E-state index in [1.807, 2.05) is 30.5 Å². The monoisotopic (exact) mass is 331 g/mol. The summed E-state index contributed by atoms with van der Waals surface area (Å²) >= 11 is 6.07. The molecule has 1 aliphatic rings. The van der Waals surface area contributed by atoms with Crippen LogP contribution >= 0.6 is 11.6 Å². The Hall–Kier alpha value is -1.78. The Morgan fingerprint density at radius 1 is 0.957 bits per heavy atom. The predicted octanol–water partition coefficient (Wildman–Crippen LogP) is 2.71. The first kappa shape index (κ1) is 16.1. The third-order valence-electron chi connectivity index (χ3n) is 4.32. The quantitative estimate of drug-likeness (QED) is 0.843. The van der Waals surface area contributed by atoms with Crippen molar-refractivity contribution in [2.45, 2.75) is 13.0 Å². The number of benzene rings is 1. The smallest absolute Gasteiger partial charge is 0.250 e. The van der Waals surface area contributed by atoms with Crippen molar-refractivity contribution in [2.24, 2.45) is 0 Å². The van der Waals surface area contributed by atoms with E-state index in [1.54, 1.807) is 16.7 Å². The van der Waals surface area contributed by atoms with Crippen LogP contribution in [0, 0.1) is 0 Å². The second-order valence-electron chi connectivity index (χ2n) is 5.89. The largest absolute Gasteiger partial charge is 0.369 e. The molecule has 0 amide bonds. The van der Waals surface area contributed by atoms with Gasteiger partial charge in [-0.05, 0) is 37.2 Å². The van der Waals surface area contributed by atoms with Crippen LogP contribution in [-0.2, 0) is 6.54 Å². The van der Waals surface area contributed by atoms with Crippen LogP contribution in [0.15, 0.2) is 53.5 Å². The molecule has 4 nitrogen and oxygen atoms in total. The summed E-state index contributed by atoms with van der Waals surface area (Å²) < 4.78 is 1.78. The Labute approximate surface area is 141 Å². The molecular weight excluding hydrogens is 310 g/mol. The van der Waals surface area contributed by atoms with E-state index >= 15 is 0 Å². The maximum Gasteiger partial charge on any atom is 0.250 e. The Kier molecular flexibility index (Phi) is 5.36. The van der Waals surface area contributed by atoms with Crippen molar-refractivity contribution in [2.75, 3.05) is 37.6 Å². The molecule has 1 aromatic carbocycles. The van der Waals surface area contributed by atoms with E-state index in [2.05, 4.69) is 15.9 Å². The number of hydrogen-bond donors (Lipinski definition) is 0. The zero-order chi connectivity index (χ0) is 16.1. The summed E-state index contributed by atoms with van der Waals surface area (Å²) in [4.78, 5) is 16.5. The van der Waals surface area contributed by atoms with Gasteiger partial charge in [0, 0.05) is 55.7 Å². The topological polar surface area (TPSA) is 28.5 Å². The molecule has 3 rings (SSSR count). The molecule has 0 atom stereocenters. The highest BCUT2D eigenvalue weighted by molar-refractivity contribution is 6.30. The lowest BCUT2D eigenvalue weighted by Gasteiger charge is -2.36. The SMILES string of the molecule is O=c1ccccn1CCCN1CCN(c2cccc(Cl)c2)CC1. The van der Waals surface area contributed by atoms with Crippen molar-refractivity contribution in [1.29, 1.82) is 0 Å². The van der Waals surface area contributed by atoms with E-state index in [1.165, 1.54) is 5.69 Å². The van der Waals surface area contributed by atoms with E-state index in [0.29, 0.717) is 0 Å². The van der Waals surface area contributed by atoms with Gasteiger partial charge in [0.2, 0.25) is 5.56 Å². The second-order valence-corrected chi connectivity index (χ2v) is 6.33. The van der Waals surface area contributed by atoms with Crippen molar-refractivity contribution < 1.29 is 0 Å². The fraction of sp³-hybridized carbons (Fsp3) is 0.389. The van der Waals surface area contributed by atoms with Crippen LogP contribution in [0.1, 0.15) is 6.42 Å². The van der Waals surface area contributed by atoms with Crippen molar-refractivity contribution in [3.63, 3.8) is 0 Å². The number of halogens is 1. The first-order chi connectivity index (χ1) is 11.2. The van der Waals surface area contributed by atoms with Crippen LogP contribution in [0.4, 0.5) is 5.69 Å². The van der Waals surface area contributed by atoms with Gasteiger partial charge in [0.15, 0.2) is 0 Å². The van der Waals surface area contributed by atoms with Crippen molar-refractivity contribution >= 4 is 17.3 Å². The molecule has 0 unspecified atom stereocenters. The molecule has 1 saturated heterocycles. The number of pyridine rings is 1.